The molecule has 1 saturated carbocycles. The second-order valence-corrected chi connectivity index (χ2v) is 5.90. The Morgan fingerprint density at radius 3 is 2.88 bits per heavy atom. The first-order valence-corrected chi connectivity index (χ1v) is 6.79. The lowest BCUT2D eigenvalue weighted by Crippen LogP contribution is -2.33. The molecule has 0 aliphatic heterocycles. The maximum atomic E-state index is 9.23. The number of hydrogen-bond donors (Lipinski definition) is 2. The van der Waals surface area contributed by atoms with E-state index < -0.39 is 0 Å². The first kappa shape index (κ1) is 12.0. The minimum atomic E-state index is 0.313. The summed E-state index contributed by atoms with van der Waals surface area (Å²) in [4.78, 5) is 5.82. The molecule has 0 saturated heterocycles. The summed E-state index contributed by atoms with van der Waals surface area (Å²) in [6.07, 6.45) is 3.58. The lowest BCUT2D eigenvalue weighted by Gasteiger charge is -2.18. The number of hydrogen-bond acceptors (Lipinski definition) is 4. The van der Waals surface area contributed by atoms with Crippen molar-refractivity contribution in [2.24, 2.45) is 5.92 Å². The predicted octanol–water partition coefficient (Wildman–Crippen LogP) is 2.01. The predicted molar refractivity (Wildman–Crippen MR) is 66.6 cm³/mol. The number of aryl methyl sites for hydroxylation is 2. The number of thiazole rings is 1. The Morgan fingerprint density at radius 1 is 1.44 bits per heavy atom. The number of aliphatic hydroxyl groups is 1. The van der Waals surface area contributed by atoms with Gasteiger partial charge in [0.1, 0.15) is 5.01 Å². The van der Waals surface area contributed by atoms with Crippen molar-refractivity contribution in [1.82, 2.24) is 10.3 Å². The number of nitrogens with zero attached hydrogens (tertiary/aromatic N) is 1. The smallest absolute Gasteiger partial charge is 0.107 e. The highest BCUT2D eigenvalue weighted by Gasteiger charge is 2.26. The number of aliphatic hydroxyl groups excluding tert-OH is 1. The van der Waals surface area contributed by atoms with Gasteiger partial charge in [0.05, 0.1) is 5.69 Å². The van der Waals surface area contributed by atoms with Crippen molar-refractivity contribution in [2.75, 3.05) is 6.61 Å². The lowest BCUT2D eigenvalue weighted by atomic mass is 10.1. The number of rotatable bonds is 4. The highest BCUT2D eigenvalue weighted by molar-refractivity contribution is 7.11. The Balaban J connectivity index is 1.87. The van der Waals surface area contributed by atoms with E-state index in [0.29, 0.717) is 18.6 Å². The molecular formula is C12H20N2OS. The van der Waals surface area contributed by atoms with Crippen molar-refractivity contribution in [3.63, 3.8) is 0 Å². The zero-order valence-corrected chi connectivity index (χ0v) is 10.8. The molecule has 1 aliphatic rings. The van der Waals surface area contributed by atoms with Gasteiger partial charge in [-0.2, -0.15) is 0 Å². The third-order valence-electron chi connectivity index (χ3n) is 3.48. The molecule has 1 aliphatic carbocycles. The van der Waals surface area contributed by atoms with E-state index in [2.05, 4.69) is 24.1 Å². The van der Waals surface area contributed by atoms with Gasteiger partial charge in [-0.15, -0.1) is 11.3 Å². The molecule has 3 nitrogen and oxygen atoms in total. The van der Waals surface area contributed by atoms with E-state index in [9.17, 15) is 5.11 Å². The van der Waals surface area contributed by atoms with Crippen LogP contribution in [0.5, 0.6) is 0 Å². The third-order valence-corrected chi connectivity index (χ3v) is 4.55. The molecule has 4 heteroatoms. The van der Waals surface area contributed by atoms with E-state index in [1.165, 1.54) is 22.7 Å². The molecule has 2 rings (SSSR count). The van der Waals surface area contributed by atoms with Gasteiger partial charge in [0.2, 0.25) is 0 Å². The van der Waals surface area contributed by atoms with Gasteiger partial charge in [0, 0.05) is 24.1 Å². The van der Waals surface area contributed by atoms with Gasteiger partial charge in [-0.1, -0.05) is 6.42 Å². The molecular weight excluding hydrogens is 220 g/mol. The molecule has 1 heterocycles. The summed E-state index contributed by atoms with van der Waals surface area (Å²) in [5, 5.41) is 13.9. The SMILES string of the molecule is Cc1nc(CNC2CCCC2CO)sc1C. The molecule has 1 aromatic heterocycles. The van der Waals surface area contributed by atoms with Gasteiger partial charge < -0.3 is 10.4 Å². The van der Waals surface area contributed by atoms with Gasteiger partial charge in [-0.3, -0.25) is 0 Å². The number of aromatic nitrogens is 1. The standard InChI is InChI=1S/C12H20N2OS/c1-8-9(2)16-12(14-8)6-13-11-5-3-4-10(11)7-15/h10-11,13,15H,3-7H2,1-2H3. The van der Waals surface area contributed by atoms with Crippen LogP contribution >= 0.6 is 11.3 Å². The third kappa shape index (κ3) is 2.62. The normalized spacial score (nSPS) is 25.2. The van der Waals surface area contributed by atoms with Crippen LogP contribution in [0, 0.1) is 19.8 Å². The summed E-state index contributed by atoms with van der Waals surface area (Å²) in [6, 6.07) is 0.481. The van der Waals surface area contributed by atoms with Crippen molar-refractivity contribution in [3.05, 3.63) is 15.6 Å². The molecule has 0 amide bonds. The summed E-state index contributed by atoms with van der Waals surface area (Å²) < 4.78 is 0. The molecule has 0 spiro atoms. The maximum Gasteiger partial charge on any atom is 0.107 e. The molecule has 90 valence electrons. The Labute approximate surface area is 101 Å². The zero-order chi connectivity index (χ0) is 11.5. The van der Waals surface area contributed by atoms with Gasteiger partial charge >= 0.3 is 0 Å². The average molecular weight is 240 g/mol. The molecule has 0 bridgehead atoms. The van der Waals surface area contributed by atoms with E-state index in [1.807, 2.05) is 0 Å². The number of nitrogens with one attached hydrogen (secondary N) is 1. The van der Waals surface area contributed by atoms with Crippen molar-refractivity contribution < 1.29 is 5.11 Å². The Hall–Kier alpha value is -0.450. The molecule has 0 aromatic carbocycles. The maximum absolute atomic E-state index is 9.23. The molecule has 2 atom stereocenters. The van der Waals surface area contributed by atoms with E-state index in [-0.39, 0.29) is 0 Å². The van der Waals surface area contributed by atoms with Gasteiger partial charge in [-0.25, -0.2) is 4.98 Å². The topological polar surface area (TPSA) is 45.2 Å². The molecule has 2 N–H and O–H groups in total. The minimum absolute atomic E-state index is 0.313. The van der Waals surface area contributed by atoms with Crippen LogP contribution in [0.25, 0.3) is 0 Å². The van der Waals surface area contributed by atoms with Crippen LogP contribution in [-0.2, 0) is 6.54 Å². The Kier molecular flexibility index (Phi) is 3.95. The second-order valence-electron chi connectivity index (χ2n) is 4.61. The molecule has 0 radical (unpaired) electrons. The summed E-state index contributed by atoms with van der Waals surface area (Å²) in [7, 11) is 0. The lowest BCUT2D eigenvalue weighted by molar-refractivity contribution is 0.205. The molecule has 2 unspecified atom stereocenters. The summed E-state index contributed by atoms with van der Waals surface area (Å²) in [5.41, 5.74) is 1.15. The molecule has 1 aromatic rings. The monoisotopic (exact) mass is 240 g/mol. The fourth-order valence-electron chi connectivity index (χ4n) is 2.36. The van der Waals surface area contributed by atoms with E-state index in [0.717, 1.165) is 18.7 Å². The van der Waals surface area contributed by atoms with Gasteiger partial charge in [0.25, 0.3) is 0 Å². The molecule has 16 heavy (non-hydrogen) atoms. The van der Waals surface area contributed by atoms with Crippen molar-refractivity contribution >= 4 is 11.3 Å². The van der Waals surface area contributed by atoms with E-state index in [1.54, 1.807) is 11.3 Å². The fourth-order valence-corrected chi connectivity index (χ4v) is 3.24. The van der Waals surface area contributed by atoms with Gasteiger partial charge in [0.15, 0.2) is 0 Å². The second kappa shape index (κ2) is 5.25. The summed E-state index contributed by atoms with van der Waals surface area (Å²) in [5.74, 6) is 0.446. The van der Waals surface area contributed by atoms with Crippen LogP contribution < -0.4 is 5.32 Å². The molecule has 1 fully saturated rings. The Morgan fingerprint density at radius 2 is 2.25 bits per heavy atom. The van der Waals surface area contributed by atoms with Crippen LogP contribution in [-0.4, -0.2) is 22.7 Å². The average Bonchev–Trinajstić information content (AvgIpc) is 2.83. The Bertz CT molecular complexity index is 331. The van der Waals surface area contributed by atoms with Crippen molar-refractivity contribution in [2.45, 2.75) is 45.7 Å². The summed E-state index contributed by atoms with van der Waals surface area (Å²) in [6.45, 7) is 5.33. The zero-order valence-electron chi connectivity index (χ0n) is 9.99. The highest BCUT2D eigenvalue weighted by atomic mass is 32.1. The summed E-state index contributed by atoms with van der Waals surface area (Å²) >= 11 is 1.77. The van der Waals surface area contributed by atoms with Crippen LogP contribution in [0.1, 0.15) is 34.8 Å². The highest BCUT2D eigenvalue weighted by Crippen LogP contribution is 2.25. The van der Waals surface area contributed by atoms with Gasteiger partial charge in [-0.05, 0) is 32.6 Å². The quantitative estimate of drug-likeness (QED) is 0.846. The van der Waals surface area contributed by atoms with Crippen LogP contribution in [0.4, 0.5) is 0 Å². The van der Waals surface area contributed by atoms with Crippen LogP contribution in [0.2, 0.25) is 0 Å². The van der Waals surface area contributed by atoms with E-state index >= 15 is 0 Å². The van der Waals surface area contributed by atoms with Crippen molar-refractivity contribution in [3.8, 4) is 0 Å². The fraction of sp³-hybridized carbons (Fsp3) is 0.750. The van der Waals surface area contributed by atoms with Crippen LogP contribution in [0.15, 0.2) is 0 Å². The minimum Gasteiger partial charge on any atom is -0.396 e. The van der Waals surface area contributed by atoms with Crippen LogP contribution in [0.3, 0.4) is 0 Å². The van der Waals surface area contributed by atoms with Crippen molar-refractivity contribution in [1.29, 1.82) is 0 Å². The first-order chi connectivity index (χ1) is 7.70. The first-order valence-electron chi connectivity index (χ1n) is 5.98. The van der Waals surface area contributed by atoms with E-state index in [4.69, 9.17) is 0 Å². The largest absolute Gasteiger partial charge is 0.396 e.